The minimum Gasteiger partial charge on any atom is -0.340 e. The highest BCUT2D eigenvalue weighted by Crippen LogP contribution is 2.35. The van der Waals surface area contributed by atoms with E-state index in [1.165, 1.54) is 6.20 Å². The van der Waals surface area contributed by atoms with Gasteiger partial charge in [-0.3, -0.25) is 14.3 Å². The number of hydrogen-bond acceptors (Lipinski definition) is 6. The predicted molar refractivity (Wildman–Crippen MR) is 82.1 cm³/mol. The molecule has 22 heavy (non-hydrogen) atoms. The Balaban J connectivity index is 1.84. The van der Waals surface area contributed by atoms with Gasteiger partial charge in [-0.05, 0) is 31.7 Å². The van der Waals surface area contributed by atoms with Gasteiger partial charge in [0, 0.05) is 25.3 Å². The molecule has 8 heteroatoms. The Hall–Kier alpha value is -2.22. The smallest absolute Gasteiger partial charge is 0.330 e. The van der Waals surface area contributed by atoms with E-state index in [-0.39, 0.29) is 11.7 Å². The van der Waals surface area contributed by atoms with Crippen LogP contribution in [0, 0.1) is 5.92 Å². The van der Waals surface area contributed by atoms with Crippen molar-refractivity contribution in [3.63, 3.8) is 0 Å². The summed E-state index contributed by atoms with van der Waals surface area (Å²) in [6, 6.07) is 0.143. The summed E-state index contributed by atoms with van der Waals surface area (Å²) in [6.45, 7) is 2.32. The standard InChI is InChI=1S/C14H18N6O2/c15-5-8-3-4-19(7-8)13-16-6-10-11(17-13)20(9-1-2-9)14(22)18-12(10)21/h6,8-9H,1-5,7,15H2,(H,18,21,22). The second-order valence-corrected chi connectivity index (χ2v) is 6.10. The van der Waals surface area contributed by atoms with E-state index in [2.05, 4.69) is 19.9 Å². The number of H-pyrrole nitrogens is 1. The zero-order valence-electron chi connectivity index (χ0n) is 12.2. The lowest BCUT2D eigenvalue weighted by molar-refractivity contribution is 0.601. The largest absolute Gasteiger partial charge is 0.340 e. The van der Waals surface area contributed by atoms with E-state index in [0.717, 1.165) is 32.4 Å². The average molecular weight is 302 g/mol. The van der Waals surface area contributed by atoms with Gasteiger partial charge in [0.1, 0.15) is 5.39 Å². The Morgan fingerprint density at radius 2 is 2.14 bits per heavy atom. The molecule has 0 bridgehead atoms. The Labute approximate surface area is 126 Å². The summed E-state index contributed by atoms with van der Waals surface area (Å²) < 4.78 is 1.60. The number of hydrogen-bond donors (Lipinski definition) is 2. The lowest BCUT2D eigenvalue weighted by Gasteiger charge is -2.17. The molecule has 116 valence electrons. The Bertz CT molecular complexity index is 837. The second-order valence-electron chi connectivity index (χ2n) is 6.10. The van der Waals surface area contributed by atoms with Crippen LogP contribution in [0.5, 0.6) is 0 Å². The minimum atomic E-state index is -0.426. The Morgan fingerprint density at radius 3 is 2.82 bits per heavy atom. The van der Waals surface area contributed by atoms with Crippen molar-refractivity contribution < 1.29 is 0 Å². The summed E-state index contributed by atoms with van der Waals surface area (Å²) in [4.78, 5) is 37.3. The lowest BCUT2D eigenvalue weighted by atomic mass is 10.1. The van der Waals surface area contributed by atoms with Crippen molar-refractivity contribution in [3.8, 4) is 0 Å². The molecule has 4 rings (SSSR count). The van der Waals surface area contributed by atoms with Crippen LogP contribution in [0.1, 0.15) is 25.3 Å². The summed E-state index contributed by atoms with van der Waals surface area (Å²) in [5.74, 6) is 1.02. The van der Waals surface area contributed by atoms with E-state index >= 15 is 0 Å². The fourth-order valence-electron chi connectivity index (χ4n) is 3.06. The summed E-state index contributed by atoms with van der Waals surface area (Å²) in [5.41, 5.74) is 5.35. The van der Waals surface area contributed by atoms with Crippen molar-refractivity contribution in [2.45, 2.75) is 25.3 Å². The SMILES string of the molecule is NCC1CCN(c2ncc3c(=O)[nH]c(=O)n(C4CC4)c3n2)C1. The average Bonchev–Trinajstić information content (AvgIpc) is 3.22. The van der Waals surface area contributed by atoms with Gasteiger partial charge in [0.2, 0.25) is 5.95 Å². The van der Waals surface area contributed by atoms with Crippen molar-refractivity contribution in [3.05, 3.63) is 27.0 Å². The molecule has 1 aliphatic carbocycles. The minimum absolute atomic E-state index is 0.143. The van der Waals surface area contributed by atoms with Gasteiger partial charge in [-0.15, -0.1) is 0 Å². The Kier molecular flexibility index (Phi) is 3.00. The van der Waals surface area contributed by atoms with E-state index in [4.69, 9.17) is 5.73 Å². The highest BCUT2D eigenvalue weighted by molar-refractivity contribution is 5.74. The van der Waals surface area contributed by atoms with Crippen LogP contribution in [0.4, 0.5) is 5.95 Å². The van der Waals surface area contributed by atoms with Crippen molar-refractivity contribution >= 4 is 17.0 Å². The maximum atomic E-state index is 12.1. The van der Waals surface area contributed by atoms with Gasteiger partial charge in [0.15, 0.2) is 5.65 Å². The molecule has 1 aliphatic heterocycles. The van der Waals surface area contributed by atoms with E-state index in [9.17, 15) is 9.59 Å². The van der Waals surface area contributed by atoms with Crippen LogP contribution in [0.25, 0.3) is 11.0 Å². The van der Waals surface area contributed by atoms with Crippen molar-refractivity contribution in [1.82, 2.24) is 19.5 Å². The molecule has 1 saturated carbocycles. The number of nitrogens with one attached hydrogen (secondary N) is 1. The third-order valence-electron chi connectivity index (χ3n) is 4.48. The van der Waals surface area contributed by atoms with Crippen molar-refractivity contribution in [2.24, 2.45) is 11.7 Å². The van der Waals surface area contributed by atoms with Crippen LogP contribution < -0.4 is 21.9 Å². The second kappa shape index (κ2) is 4.91. The molecule has 2 aromatic rings. The normalized spacial score (nSPS) is 21.7. The van der Waals surface area contributed by atoms with E-state index < -0.39 is 5.56 Å². The van der Waals surface area contributed by atoms with Crippen LogP contribution in [0.2, 0.25) is 0 Å². The van der Waals surface area contributed by atoms with Crippen LogP contribution in [-0.4, -0.2) is 39.2 Å². The number of fused-ring (bicyclic) bond motifs is 1. The first-order valence-electron chi connectivity index (χ1n) is 7.64. The van der Waals surface area contributed by atoms with Crippen LogP contribution >= 0.6 is 0 Å². The molecule has 2 aliphatic rings. The van der Waals surface area contributed by atoms with E-state index in [0.29, 0.717) is 29.4 Å². The highest BCUT2D eigenvalue weighted by Gasteiger charge is 2.29. The molecule has 1 atom stereocenters. The number of aromatic nitrogens is 4. The van der Waals surface area contributed by atoms with Gasteiger partial charge in [0.05, 0.1) is 0 Å². The third-order valence-corrected chi connectivity index (χ3v) is 4.48. The number of anilines is 1. The molecule has 0 amide bonds. The summed E-state index contributed by atoms with van der Waals surface area (Å²) in [5, 5.41) is 0.366. The molecule has 8 nitrogen and oxygen atoms in total. The first kappa shape index (κ1) is 13.4. The van der Waals surface area contributed by atoms with Gasteiger partial charge in [0.25, 0.3) is 5.56 Å². The monoisotopic (exact) mass is 302 g/mol. The third kappa shape index (κ3) is 2.10. The number of rotatable bonds is 3. The fourth-order valence-corrected chi connectivity index (χ4v) is 3.06. The molecule has 0 spiro atoms. The molecule has 1 saturated heterocycles. The maximum Gasteiger partial charge on any atom is 0.330 e. The number of nitrogens with two attached hydrogens (primary N) is 1. The molecular formula is C14H18N6O2. The van der Waals surface area contributed by atoms with Crippen LogP contribution in [-0.2, 0) is 0 Å². The molecular weight excluding hydrogens is 284 g/mol. The zero-order chi connectivity index (χ0) is 15.3. The Morgan fingerprint density at radius 1 is 1.32 bits per heavy atom. The van der Waals surface area contributed by atoms with Gasteiger partial charge >= 0.3 is 5.69 Å². The van der Waals surface area contributed by atoms with E-state index in [1.54, 1.807) is 4.57 Å². The molecule has 3 N–H and O–H groups in total. The molecule has 2 fully saturated rings. The van der Waals surface area contributed by atoms with Gasteiger partial charge in [-0.25, -0.2) is 9.78 Å². The lowest BCUT2D eigenvalue weighted by Crippen LogP contribution is -2.31. The molecule has 2 aromatic heterocycles. The van der Waals surface area contributed by atoms with E-state index in [1.807, 2.05) is 0 Å². The predicted octanol–water partition coefficient (Wildman–Crippen LogP) is -0.400. The van der Waals surface area contributed by atoms with Gasteiger partial charge < -0.3 is 10.6 Å². The summed E-state index contributed by atoms with van der Waals surface area (Å²) in [6.07, 6.45) is 4.42. The first-order chi connectivity index (χ1) is 10.7. The van der Waals surface area contributed by atoms with Gasteiger partial charge in [-0.2, -0.15) is 4.98 Å². The molecule has 1 unspecified atom stereocenters. The number of nitrogens with zero attached hydrogens (tertiary/aromatic N) is 4. The zero-order valence-corrected chi connectivity index (χ0v) is 12.2. The first-order valence-corrected chi connectivity index (χ1v) is 7.64. The van der Waals surface area contributed by atoms with Crippen LogP contribution in [0.15, 0.2) is 15.8 Å². The quantitative estimate of drug-likeness (QED) is 0.798. The van der Waals surface area contributed by atoms with Crippen LogP contribution in [0.3, 0.4) is 0 Å². The molecule has 3 heterocycles. The van der Waals surface area contributed by atoms with Crippen molar-refractivity contribution in [2.75, 3.05) is 24.5 Å². The number of aromatic amines is 1. The summed E-state index contributed by atoms with van der Waals surface area (Å²) >= 11 is 0. The molecule has 0 aromatic carbocycles. The van der Waals surface area contributed by atoms with Crippen molar-refractivity contribution in [1.29, 1.82) is 0 Å². The topological polar surface area (TPSA) is 110 Å². The summed E-state index contributed by atoms with van der Waals surface area (Å²) in [7, 11) is 0. The fraction of sp³-hybridized carbons (Fsp3) is 0.571. The van der Waals surface area contributed by atoms with Gasteiger partial charge in [-0.1, -0.05) is 0 Å². The highest BCUT2D eigenvalue weighted by atomic mass is 16.2. The maximum absolute atomic E-state index is 12.1. The molecule has 0 radical (unpaired) electrons.